The molecule has 154 valence electrons. The number of carbonyl (C=O) groups is 2. The minimum Gasteiger partial charge on any atom is -0.331 e. The van der Waals surface area contributed by atoms with Crippen LogP contribution < -0.4 is 0 Å². The molecule has 0 aliphatic carbocycles. The molecule has 3 unspecified atom stereocenters. The van der Waals surface area contributed by atoms with Crippen LogP contribution in [0, 0.1) is 0 Å². The highest BCUT2D eigenvalue weighted by Crippen LogP contribution is 2.41. The van der Waals surface area contributed by atoms with E-state index in [2.05, 4.69) is 35.2 Å². The van der Waals surface area contributed by atoms with Crippen LogP contribution in [-0.4, -0.2) is 40.2 Å². The SMILES string of the molecule is O=C1CCCCN1C(C(=O)N1C2C=C(c3ccccc3)CC1CC2)c1ccccc1. The first-order chi connectivity index (χ1) is 14.7. The normalized spacial score (nSPS) is 24.5. The smallest absolute Gasteiger partial charge is 0.250 e. The van der Waals surface area contributed by atoms with E-state index >= 15 is 0 Å². The summed E-state index contributed by atoms with van der Waals surface area (Å²) in [5.41, 5.74) is 3.53. The first-order valence-corrected chi connectivity index (χ1v) is 11.1. The number of rotatable bonds is 4. The number of hydrogen-bond acceptors (Lipinski definition) is 2. The fourth-order valence-corrected chi connectivity index (χ4v) is 5.37. The molecule has 2 aromatic rings. The van der Waals surface area contributed by atoms with Crippen LogP contribution in [0.5, 0.6) is 0 Å². The van der Waals surface area contributed by atoms with E-state index in [1.165, 1.54) is 11.1 Å². The summed E-state index contributed by atoms with van der Waals surface area (Å²) in [5, 5.41) is 0. The van der Waals surface area contributed by atoms with Crippen LogP contribution in [0.15, 0.2) is 66.7 Å². The average molecular weight is 401 g/mol. The van der Waals surface area contributed by atoms with E-state index in [1.54, 1.807) is 0 Å². The molecule has 4 nitrogen and oxygen atoms in total. The highest BCUT2D eigenvalue weighted by Gasteiger charge is 2.44. The Morgan fingerprint density at radius 2 is 1.67 bits per heavy atom. The van der Waals surface area contributed by atoms with Gasteiger partial charge in [0.15, 0.2) is 0 Å². The van der Waals surface area contributed by atoms with E-state index < -0.39 is 6.04 Å². The van der Waals surface area contributed by atoms with Crippen molar-refractivity contribution in [2.24, 2.45) is 0 Å². The first-order valence-electron chi connectivity index (χ1n) is 11.1. The van der Waals surface area contributed by atoms with Gasteiger partial charge in [0.25, 0.3) is 5.91 Å². The number of fused-ring (bicyclic) bond motifs is 2. The summed E-state index contributed by atoms with van der Waals surface area (Å²) in [6, 6.07) is 20.2. The van der Waals surface area contributed by atoms with Crippen molar-refractivity contribution in [1.29, 1.82) is 0 Å². The Kier molecular flexibility index (Phi) is 5.16. The summed E-state index contributed by atoms with van der Waals surface area (Å²) in [6.07, 6.45) is 7.64. The molecule has 5 rings (SSSR count). The van der Waals surface area contributed by atoms with Crippen molar-refractivity contribution in [1.82, 2.24) is 9.80 Å². The Labute approximate surface area is 178 Å². The summed E-state index contributed by atoms with van der Waals surface area (Å²) >= 11 is 0. The maximum absolute atomic E-state index is 14.0. The zero-order chi connectivity index (χ0) is 20.5. The largest absolute Gasteiger partial charge is 0.331 e. The molecule has 3 atom stereocenters. The minimum absolute atomic E-state index is 0.0901. The van der Waals surface area contributed by atoms with Gasteiger partial charge in [-0.25, -0.2) is 0 Å². The van der Waals surface area contributed by atoms with Gasteiger partial charge in [0, 0.05) is 19.0 Å². The average Bonchev–Trinajstić information content (AvgIpc) is 3.06. The van der Waals surface area contributed by atoms with Gasteiger partial charge in [0.1, 0.15) is 6.04 Å². The summed E-state index contributed by atoms with van der Waals surface area (Å²) < 4.78 is 0. The van der Waals surface area contributed by atoms with E-state index in [9.17, 15) is 9.59 Å². The van der Waals surface area contributed by atoms with Crippen LogP contribution in [0.3, 0.4) is 0 Å². The third-order valence-corrected chi connectivity index (χ3v) is 6.82. The van der Waals surface area contributed by atoms with Gasteiger partial charge in [-0.05, 0) is 48.8 Å². The Morgan fingerprint density at radius 1 is 0.933 bits per heavy atom. The van der Waals surface area contributed by atoms with Crippen LogP contribution in [-0.2, 0) is 9.59 Å². The lowest BCUT2D eigenvalue weighted by atomic mass is 9.93. The van der Waals surface area contributed by atoms with Gasteiger partial charge in [-0.15, -0.1) is 0 Å². The molecule has 2 fully saturated rings. The fraction of sp³-hybridized carbons (Fsp3) is 0.385. The molecular weight excluding hydrogens is 372 g/mol. The lowest BCUT2D eigenvalue weighted by Gasteiger charge is -2.41. The van der Waals surface area contributed by atoms with Crippen LogP contribution in [0.2, 0.25) is 0 Å². The number of likely N-dealkylation sites (tertiary alicyclic amines) is 1. The highest BCUT2D eigenvalue weighted by molar-refractivity contribution is 5.90. The van der Waals surface area contributed by atoms with Gasteiger partial charge in [0.05, 0.1) is 6.04 Å². The monoisotopic (exact) mass is 400 g/mol. The van der Waals surface area contributed by atoms with Gasteiger partial charge in [-0.3, -0.25) is 9.59 Å². The van der Waals surface area contributed by atoms with Crippen LogP contribution in [0.1, 0.15) is 55.7 Å². The van der Waals surface area contributed by atoms with E-state index in [0.29, 0.717) is 13.0 Å². The van der Waals surface area contributed by atoms with Gasteiger partial charge < -0.3 is 9.80 Å². The quantitative estimate of drug-likeness (QED) is 0.753. The van der Waals surface area contributed by atoms with E-state index in [-0.39, 0.29) is 23.9 Å². The Hall–Kier alpha value is -2.88. The minimum atomic E-state index is -0.506. The van der Waals surface area contributed by atoms with Crippen LogP contribution in [0.4, 0.5) is 0 Å². The van der Waals surface area contributed by atoms with Gasteiger partial charge in [-0.2, -0.15) is 0 Å². The summed E-state index contributed by atoms with van der Waals surface area (Å²) in [7, 11) is 0. The predicted molar refractivity (Wildman–Crippen MR) is 117 cm³/mol. The van der Waals surface area contributed by atoms with Crippen molar-refractivity contribution in [2.75, 3.05) is 6.54 Å². The highest BCUT2D eigenvalue weighted by atomic mass is 16.2. The number of hydrogen-bond donors (Lipinski definition) is 0. The van der Waals surface area contributed by atoms with Gasteiger partial charge >= 0.3 is 0 Å². The summed E-state index contributed by atoms with van der Waals surface area (Å²) in [5.74, 6) is 0.195. The second-order valence-corrected chi connectivity index (χ2v) is 8.66. The summed E-state index contributed by atoms with van der Waals surface area (Å²) in [6.45, 7) is 0.665. The maximum atomic E-state index is 14.0. The number of benzene rings is 2. The molecule has 30 heavy (non-hydrogen) atoms. The van der Waals surface area contributed by atoms with Crippen molar-refractivity contribution in [2.45, 2.75) is 56.7 Å². The molecule has 0 saturated carbocycles. The standard InChI is InChI=1S/C26H28N2O2/c29-24-13-7-8-16-27(24)25(20-11-5-2-6-12-20)26(30)28-22-14-15-23(28)18-21(17-22)19-9-3-1-4-10-19/h1-6,9-12,17,22-23,25H,7-8,13-16,18H2. The zero-order valence-electron chi connectivity index (χ0n) is 17.2. The molecule has 2 amide bonds. The van der Waals surface area contributed by atoms with E-state index in [1.807, 2.05) is 41.3 Å². The second kappa shape index (κ2) is 8.10. The maximum Gasteiger partial charge on any atom is 0.250 e. The van der Waals surface area contributed by atoms with Crippen molar-refractivity contribution in [3.8, 4) is 0 Å². The molecule has 0 spiro atoms. The molecule has 3 aliphatic rings. The van der Waals surface area contributed by atoms with E-state index in [0.717, 1.165) is 37.7 Å². The number of amides is 2. The van der Waals surface area contributed by atoms with Gasteiger partial charge in [0.2, 0.25) is 5.91 Å². The molecule has 2 saturated heterocycles. The molecular formula is C26H28N2O2. The first kappa shape index (κ1) is 19.1. The van der Waals surface area contributed by atoms with Crippen LogP contribution >= 0.6 is 0 Å². The zero-order valence-corrected chi connectivity index (χ0v) is 17.2. The number of carbonyl (C=O) groups excluding carboxylic acids is 2. The molecule has 0 radical (unpaired) electrons. The third-order valence-electron chi connectivity index (χ3n) is 6.82. The topological polar surface area (TPSA) is 40.6 Å². The fourth-order valence-electron chi connectivity index (χ4n) is 5.37. The Balaban J connectivity index is 1.47. The van der Waals surface area contributed by atoms with Crippen molar-refractivity contribution >= 4 is 17.4 Å². The molecule has 2 aromatic carbocycles. The van der Waals surface area contributed by atoms with Gasteiger partial charge in [-0.1, -0.05) is 66.7 Å². The van der Waals surface area contributed by atoms with Crippen molar-refractivity contribution < 1.29 is 9.59 Å². The molecule has 3 heterocycles. The Bertz CT molecular complexity index is 954. The summed E-state index contributed by atoms with van der Waals surface area (Å²) in [4.78, 5) is 30.6. The molecule has 3 aliphatic heterocycles. The molecule has 0 aromatic heterocycles. The molecule has 0 N–H and O–H groups in total. The number of piperidine rings is 1. The van der Waals surface area contributed by atoms with Crippen molar-refractivity contribution in [3.05, 3.63) is 77.9 Å². The third kappa shape index (κ3) is 3.45. The van der Waals surface area contributed by atoms with E-state index in [4.69, 9.17) is 0 Å². The number of nitrogens with zero attached hydrogens (tertiary/aromatic N) is 2. The lowest BCUT2D eigenvalue weighted by molar-refractivity contribution is -0.149. The van der Waals surface area contributed by atoms with Crippen molar-refractivity contribution in [3.63, 3.8) is 0 Å². The van der Waals surface area contributed by atoms with Crippen LogP contribution in [0.25, 0.3) is 5.57 Å². The Morgan fingerprint density at radius 3 is 2.37 bits per heavy atom. The predicted octanol–water partition coefficient (Wildman–Crippen LogP) is 4.59. The molecule has 2 bridgehead atoms. The second-order valence-electron chi connectivity index (χ2n) is 8.66. The lowest BCUT2D eigenvalue weighted by Crippen LogP contribution is -2.51. The molecule has 4 heteroatoms.